The number of nitrogens with one attached hydrogen (secondary N) is 1. The molecule has 0 radical (unpaired) electrons. The van der Waals surface area contributed by atoms with Crippen molar-refractivity contribution in [3.8, 4) is 0 Å². The molecule has 10 heteroatoms. The number of aromatic nitrogens is 4. The maximum Gasteiger partial charge on any atom is 0.258 e. The van der Waals surface area contributed by atoms with E-state index in [-0.39, 0.29) is 16.8 Å². The lowest BCUT2D eigenvalue weighted by Crippen LogP contribution is -2.35. The number of carbonyl (C=O) groups is 1. The Kier molecular flexibility index (Phi) is 5.10. The summed E-state index contributed by atoms with van der Waals surface area (Å²) in [6.07, 6.45) is 2.81. The second kappa shape index (κ2) is 7.95. The Bertz CT molecular complexity index is 1430. The summed E-state index contributed by atoms with van der Waals surface area (Å²) in [6.45, 7) is 1.09. The Labute approximate surface area is 185 Å². The van der Waals surface area contributed by atoms with E-state index in [9.17, 15) is 13.2 Å². The first-order valence-electron chi connectivity index (χ1n) is 10.4. The number of fused-ring (bicyclic) bond motifs is 3. The highest BCUT2D eigenvalue weighted by Gasteiger charge is 2.27. The molecule has 5 rings (SSSR count). The van der Waals surface area contributed by atoms with Crippen LogP contribution in [0.1, 0.15) is 29.6 Å². The van der Waals surface area contributed by atoms with E-state index >= 15 is 0 Å². The summed E-state index contributed by atoms with van der Waals surface area (Å²) >= 11 is 0. The molecule has 1 N–H and O–H groups in total. The lowest BCUT2D eigenvalue weighted by Gasteiger charge is -2.25. The standard InChI is InChI=1S/C22H22N6O3S/c1-27-18-11-10-16(32(30,31)28-12-6-3-7-13-28)14-17(18)19-20(27)23-22(26-25-19)24-21(29)15-8-4-2-5-9-15/h2,4-5,8-11,14H,3,6-7,12-13H2,1H3,(H,23,24,26,29). The number of rotatable bonds is 4. The lowest BCUT2D eigenvalue weighted by molar-refractivity contribution is 0.102. The van der Waals surface area contributed by atoms with Crippen LogP contribution in [0.25, 0.3) is 22.1 Å². The third-order valence-electron chi connectivity index (χ3n) is 5.78. The number of carbonyl (C=O) groups excluding carboxylic acids is 1. The average Bonchev–Trinajstić information content (AvgIpc) is 3.11. The summed E-state index contributed by atoms with van der Waals surface area (Å²) in [7, 11) is -1.75. The Morgan fingerprint density at radius 1 is 1.00 bits per heavy atom. The molecule has 3 heterocycles. The molecule has 0 saturated carbocycles. The van der Waals surface area contributed by atoms with Gasteiger partial charge in [-0.25, -0.2) is 8.42 Å². The number of hydrogen-bond donors (Lipinski definition) is 1. The minimum absolute atomic E-state index is 0.0819. The van der Waals surface area contributed by atoms with E-state index < -0.39 is 10.0 Å². The van der Waals surface area contributed by atoms with Crippen molar-refractivity contribution in [2.24, 2.45) is 7.05 Å². The predicted molar refractivity (Wildman–Crippen MR) is 121 cm³/mol. The largest absolute Gasteiger partial charge is 0.327 e. The molecule has 1 aliphatic rings. The lowest BCUT2D eigenvalue weighted by atomic mass is 10.2. The van der Waals surface area contributed by atoms with Gasteiger partial charge >= 0.3 is 0 Å². The molecule has 1 amide bonds. The van der Waals surface area contributed by atoms with Crippen molar-refractivity contribution >= 4 is 43.9 Å². The number of nitrogens with zero attached hydrogens (tertiary/aromatic N) is 5. The smallest absolute Gasteiger partial charge is 0.258 e. The van der Waals surface area contributed by atoms with Crippen LogP contribution in [0.4, 0.5) is 5.95 Å². The number of anilines is 1. The second-order valence-corrected chi connectivity index (χ2v) is 9.77. The molecule has 164 valence electrons. The summed E-state index contributed by atoms with van der Waals surface area (Å²) in [6, 6.07) is 13.8. The van der Waals surface area contributed by atoms with Gasteiger partial charge in [-0.1, -0.05) is 24.6 Å². The zero-order valence-corrected chi connectivity index (χ0v) is 18.3. The van der Waals surface area contributed by atoms with Crippen molar-refractivity contribution in [3.63, 3.8) is 0 Å². The topological polar surface area (TPSA) is 110 Å². The van der Waals surface area contributed by atoms with Crippen molar-refractivity contribution in [2.45, 2.75) is 24.2 Å². The Morgan fingerprint density at radius 2 is 1.75 bits per heavy atom. The molecule has 1 aliphatic heterocycles. The molecule has 2 aromatic heterocycles. The van der Waals surface area contributed by atoms with Crippen LogP contribution in [0.2, 0.25) is 0 Å². The van der Waals surface area contributed by atoms with Gasteiger partial charge in [-0.2, -0.15) is 9.29 Å². The fourth-order valence-corrected chi connectivity index (χ4v) is 5.61. The zero-order valence-electron chi connectivity index (χ0n) is 17.5. The Hall–Kier alpha value is -3.37. The number of sulfonamides is 1. The number of hydrogen-bond acceptors (Lipinski definition) is 6. The minimum Gasteiger partial charge on any atom is -0.327 e. The van der Waals surface area contributed by atoms with Gasteiger partial charge in [0, 0.05) is 31.1 Å². The number of aryl methyl sites for hydroxylation is 1. The van der Waals surface area contributed by atoms with Gasteiger partial charge in [0.05, 0.1) is 10.4 Å². The molecular formula is C22H22N6O3S. The second-order valence-electron chi connectivity index (χ2n) is 7.83. The Balaban J connectivity index is 1.53. The van der Waals surface area contributed by atoms with Gasteiger partial charge in [-0.3, -0.25) is 10.1 Å². The van der Waals surface area contributed by atoms with E-state index in [4.69, 9.17) is 0 Å². The molecule has 0 aliphatic carbocycles. The monoisotopic (exact) mass is 450 g/mol. The first-order chi connectivity index (χ1) is 15.4. The highest BCUT2D eigenvalue weighted by Crippen LogP contribution is 2.29. The van der Waals surface area contributed by atoms with Gasteiger partial charge in [-0.15, -0.1) is 10.2 Å². The van der Waals surface area contributed by atoms with E-state index in [1.807, 2.05) is 17.7 Å². The first kappa shape index (κ1) is 20.5. The van der Waals surface area contributed by atoms with Gasteiger partial charge in [0.1, 0.15) is 5.52 Å². The first-order valence-corrected chi connectivity index (χ1v) is 11.9. The summed E-state index contributed by atoms with van der Waals surface area (Å²) < 4.78 is 29.6. The van der Waals surface area contributed by atoms with Crippen molar-refractivity contribution < 1.29 is 13.2 Å². The molecule has 0 atom stereocenters. The van der Waals surface area contributed by atoms with Crippen LogP contribution in [-0.4, -0.2) is 51.5 Å². The minimum atomic E-state index is -3.57. The van der Waals surface area contributed by atoms with Crippen LogP contribution >= 0.6 is 0 Å². The van der Waals surface area contributed by atoms with Crippen LogP contribution in [0.3, 0.4) is 0 Å². The van der Waals surface area contributed by atoms with Crippen LogP contribution < -0.4 is 5.32 Å². The Morgan fingerprint density at radius 3 is 2.50 bits per heavy atom. The number of piperidine rings is 1. The van der Waals surface area contributed by atoms with E-state index in [1.165, 1.54) is 0 Å². The quantitative estimate of drug-likeness (QED) is 0.512. The third-order valence-corrected chi connectivity index (χ3v) is 7.68. The van der Waals surface area contributed by atoms with Crippen molar-refractivity contribution in [1.29, 1.82) is 0 Å². The van der Waals surface area contributed by atoms with Gasteiger partial charge in [0.2, 0.25) is 10.0 Å². The average molecular weight is 451 g/mol. The zero-order chi connectivity index (χ0) is 22.3. The van der Waals surface area contributed by atoms with E-state index in [1.54, 1.807) is 46.8 Å². The molecule has 4 aromatic rings. The fourth-order valence-electron chi connectivity index (χ4n) is 4.07. The van der Waals surface area contributed by atoms with Crippen LogP contribution in [-0.2, 0) is 17.1 Å². The van der Waals surface area contributed by atoms with Crippen molar-refractivity contribution in [2.75, 3.05) is 18.4 Å². The maximum absolute atomic E-state index is 13.1. The SMILES string of the molecule is Cn1c2ccc(S(=O)(=O)N3CCCCC3)cc2c2nnc(NC(=O)c3ccccc3)nc21. The van der Waals surface area contributed by atoms with E-state index in [0.29, 0.717) is 35.2 Å². The third kappa shape index (κ3) is 3.51. The molecule has 0 spiro atoms. The van der Waals surface area contributed by atoms with E-state index in [2.05, 4.69) is 20.5 Å². The molecular weight excluding hydrogens is 428 g/mol. The highest BCUT2D eigenvalue weighted by atomic mass is 32.2. The number of amides is 1. The molecule has 0 bridgehead atoms. The van der Waals surface area contributed by atoms with Crippen LogP contribution in [0.5, 0.6) is 0 Å². The van der Waals surface area contributed by atoms with Crippen molar-refractivity contribution in [3.05, 3.63) is 54.1 Å². The predicted octanol–water partition coefficient (Wildman–Crippen LogP) is 2.94. The van der Waals surface area contributed by atoms with E-state index in [0.717, 1.165) is 24.8 Å². The molecule has 32 heavy (non-hydrogen) atoms. The van der Waals surface area contributed by atoms with Crippen LogP contribution in [0, 0.1) is 0 Å². The molecule has 2 aromatic carbocycles. The maximum atomic E-state index is 13.1. The molecule has 1 fully saturated rings. The summed E-state index contributed by atoms with van der Waals surface area (Å²) in [5, 5.41) is 11.6. The normalized spacial score (nSPS) is 15.3. The fraction of sp³-hybridized carbons (Fsp3) is 0.273. The van der Waals surface area contributed by atoms with Gasteiger partial charge in [-0.05, 0) is 43.2 Å². The number of benzene rings is 2. The van der Waals surface area contributed by atoms with Crippen LogP contribution in [0.15, 0.2) is 53.4 Å². The molecule has 1 saturated heterocycles. The van der Waals surface area contributed by atoms with Gasteiger partial charge in [0.25, 0.3) is 11.9 Å². The summed E-state index contributed by atoms with van der Waals surface area (Å²) in [4.78, 5) is 17.1. The highest BCUT2D eigenvalue weighted by molar-refractivity contribution is 7.89. The summed E-state index contributed by atoms with van der Waals surface area (Å²) in [5.74, 6) is -0.251. The van der Waals surface area contributed by atoms with Gasteiger partial charge in [0.15, 0.2) is 5.65 Å². The molecule has 0 unspecified atom stereocenters. The molecule has 9 nitrogen and oxygen atoms in total. The summed E-state index contributed by atoms with van der Waals surface area (Å²) in [5.41, 5.74) is 2.26. The van der Waals surface area contributed by atoms with Crippen molar-refractivity contribution in [1.82, 2.24) is 24.1 Å². The van der Waals surface area contributed by atoms with Gasteiger partial charge < -0.3 is 4.57 Å².